The Kier molecular flexibility index (Phi) is 3.00. The minimum Gasteiger partial charge on any atom is -0.323 e. The molecule has 1 aromatic heterocycles. The molecule has 0 atom stereocenters. The van der Waals surface area contributed by atoms with Gasteiger partial charge >= 0.3 is 0 Å². The van der Waals surface area contributed by atoms with Crippen LogP contribution in [0.25, 0.3) is 0 Å². The predicted octanol–water partition coefficient (Wildman–Crippen LogP) is 3.00. The van der Waals surface area contributed by atoms with Crippen molar-refractivity contribution in [2.75, 3.05) is 11.6 Å². The molecule has 0 saturated carbocycles. The zero-order chi connectivity index (χ0) is 9.80. The van der Waals surface area contributed by atoms with Gasteiger partial charge in [-0.05, 0) is 42.1 Å². The number of hydrogen-bond acceptors (Lipinski definition) is 5. The Bertz CT molecular complexity index is 383. The van der Waals surface area contributed by atoms with Gasteiger partial charge in [0.1, 0.15) is 5.51 Å². The first-order valence-corrected chi connectivity index (χ1v) is 6.12. The average molecular weight is 223 g/mol. The molecule has 0 radical (unpaired) electrons. The lowest BCUT2D eigenvalue weighted by molar-refractivity contribution is 1.30. The summed E-state index contributed by atoms with van der Waals surface area (Å²) in [6, 6.07) is 8.18. The molecule has 3 nitrogen and oxygen atoms in total. The smallest absolute Gasteiger partial charge is 0.238 e. The summed E-state index contributed by atoms with van der Waals surface area (Å²) in [6.07, 6.45) is 2.06. The molecule has 0 aliphatic rings. The van der Waals surface area contributed by atoms with Gasteiger partial charge < -0.3 is 5.32 Å². The zero-order valence-corrected chi connectivity index (χ0v) is 9.23. The van der Waals surface area contributed by atoms with Gasteiger partial charge in [0.15, 0.2) is 0 Å². The van der Waals surface area contributed by atoms with Crippen molar-refractivity contribution in [1.29, 1.82) is 0 Å². The maximum Gasteiger partial charge on any atom is 0.238 e. The summed E-state index contributed by atoms with van der Waals surface area (Å²) >= 11 is 3.07. The fourth-order valence-corrected chi connectivity index (χ4v) is 1.82. The molecule has 1 heterocycles. The van der Waals surface area contributed by atoms with E-state index in [0.717, 1.165) is 5.69 Å². The van der Waals surface area contributed by atoms with Crippen LogP contribution in [0.2, 0.25) is 0 Å². The summed E-state index contributed by atoms with van der Waals surface area (Å²) in [5.74, 6) is 0.659. The second-order valence-corrected chi connectivity index (χ2v) is 4.09. The summed E-state index contributed by atoms with van der Waals surface area (Å²) in [4.78, 5) is 5.30. The molecule has 1 N–H and O–H groups in total. The molecule has 0 saturated heterocycles. The molecule has 2 aromatic rings. The van der Waals surface area contributed by atoms with E-state index < -0.39 is 0 Å². The van der Waals surface area contributed by atoms with Crippen LogP contribution in [0.15, 0.2) is 34.7 Å². The second-order valence-electron chi connectivity index (χ2n) is 2.61. The van der Waals surface area contributed by atoms with E-state index in [1.807, 2.05) is 12.1 Å². The van der Waals surface area contributed by atoms with E-state index in [4.69, 9.17) is 0 Å². The maximum absolute atomic E-state index is 4.07. The van der Waals surface area contributed by atoms with Crippen molar-refractivity contribution in [3.05, 3.63) is 29.8 Å². The highest BCUT2D eigenvalue weighted by molar-refractivity contribution is 7.98. The van der Waals surface area contributed by atoms with Crippen molar-refractivity contribution in [3.8, 4) is 0 Å². The lowest BCUT2D eigenvalue weighted by atomic mass is 10.3. The Balaban J connectivity index is 2.10. The van der Waals surface area contributed by atoms with Gasteiger partial charge in [0, 0.05) is 10.6 Å². The van der Waals surface area contributed by atoms with Gasteiger partial charge in [0.05, 0.1) is 0 Å². The number of nitrogens with zero attached hydrogens (tertiary/aromatic N) is 2. The highest BCUT2D eigenvalue weighted by Gasteiger charge is 1.97. The number of anilines is 2. The predicted molar refractivity (Wildman–Crippen MR) is 61.4 cm³/mol. The van der Waals surface area contributed by atoms with Gasteiger partial charge in [-0.15, -0.1) is 11.8 Å². The lowest BCUT2D eigenvalue weighted by Crippen LogP contribution is -1.91. The number of aromatic nitrogens is 2. The van der Waals surface area contributed by atoms with Crippen LogP contribution in [-0.2, 0) is 0 Å². The van der Waals surface area contributed by atoms with E-state index in [1.54, 1.807) is 17.3 Å². The molecule has 14 heavy (non-hydrogen) atoms. The molecular weight excluding hydrogens is 214 g/mol. The van der Waals surface area contributed by atoms with Crippen molar-refractivity contribution in [2.24, 2.45) is 0 Å². The first kappa shape index (κ1) is 9.48. The van der Waals surface area contributed by atoms with E-state index in [0.29, 0.717) is 5.95 Å². The Labute approximate surface area is 90.7 Å². The van der Waals surface area contributed by atoms with Crippen LogP contribution in [-0.4, -0.2) is 15.6 Å². The maximum atomic E-state index is 4.07. The standard InChI is InChI=1S/C9H9N3S2/c1-13-8-4-2-7(3-5-8)11-9-10-6-14-12-9/h2-6H,1H3,(H,11,12). The van der Waals surface area contributed by atoms with Crippen LogP contribution in [0.1, 0.15) is 0 Å². The van der Waals surface area contributed by atoms with Gasteiger partial charge in [-0.1, -0.05) is 0 Å². The summed E-state index contributed by atoms with van der Waals surface area (Å²) in [5, 5.41) is 3.11. The van der Waals surface area contributed by atoms with Crippen LogP contribution in [0.3, 0.4) is 0 Å². The molecule has 0 aliphatic heterocycles. The largest absolute Gasteiger partial charge is 0.323 e. The quantitative estimate of drug-likeness (QED) is 0.812. The molecule has 2 rings (SSSR count). The number of benzene rings is 1. The number of rotatable bonds is 3. The molecule has 72 valence electrons. The van der Waals surface area contributed by atoms with E-state index in [1.165, 1.54) is 16.4 Å². The van der Waals surface area contributed by atoms with Crippen molar-refractivity contribution >= 4 is 34.9 Å². The van der Waals surface area contributed by atoms with E-state index in [9.17, 15) is 0 Å². The molecular formula is C9H9N3S2. The van der Waals surface area contributed by atoms with Crippen LogP contribution >= 0.6 is 23.3 Å². The fraction of sp³-hybridized carbons (Fsp3) is 0.111. The third-order valence-corrected chi connectivity index (χ3v) is 2.93. The second kappa shape index (κ2) is 4.43. The summed E-state index contributed by atoms with van der Waals surface area (Å²) < 4.78 is 4.07. The van der Waals surface area contributed by atoms with Gasteiger partial charge in [-0.25, -0.2) is 4.98 Å². The van der Waals surface area contributed by atoms with Gasteiger partial charge in [-0.2, -0.15) is 4.37 Å². The third-order valence-electron chi connectivity index (χ3n) is 1.71. The third kappa shape index (κ3) is 2.24. The topological polar surface area (TPSA) is 37.8 Å². The van der Waals surface area contributed by atoms with Crippen LogP contribution in [0.5, 0.6) is 0 Å². The van der Waals surface area contributed by atoms with Crippen molar-refractivity contribution in [1.82, 2.24) is 9.36 Å². The Morgan fingerprint density at radius 3 is 2.64 bits per heavy atom. The Morgan fingerprint density at radius 1 is 1.29 bits per heavy atom. The van der Waals surface area contributed by atoms with E-state index in [-0.39, 0.29) is 0 Å². The number of nitrogens with one attached hydrogen (secondary N) is 1. The first-order chi connectivity index (χ1) is 6.88. The Hall–Kier alpha value is -1.07. The van der Waals surface area contributed by atoms with Gasteiger partial charge in [0.2, 0.25) is 5.95 Å². The molecule has 0 amide bonds. The highest BCUT2D eigenvalue weighted by atomic mass is 32.2. The number of thioether (sulfide) groups is 1. The minimum atomic E-state index is 0.659. The van der Waals surface area contributed by atoms with Crippen LogP contribution < -0.4 is 5.32 Å². The number of hydrogen-bond donors (Lipinski definition) is 1. The van der Waals surface area contributed by atoms with Crippen molar-refractivity contribution in [3.63, 3.8) is 0 Å². The molecule has 0 bridgehead atoms. The monoisotopic (exact) mass is 223 g/mol. The summed E-state index contributed by atoms with van der Waals surface area (Å²) in [5.41, 5.74) is 2.72. The average Bonchev–Trinajstić information content (AvgIpc) is 2.72. The van der Waals surface area contributed by atoms with E-state index in [2.05, 4.69) is 33.1 Å². The zero-order valence-electron chi connectivity index (χ0n) is 7.60. The summed E-state index contributed by atoms with van der Waals surface area (Å²) in [6.45, 7) is 0. The first-order valence-electron chi connectivity index (χ1n) is 4.06. The lowest BCUT2D eigenvalue weighted by Gasteiger charge is -2.01. The summed E-state index contributed by atoms with van der Waals surface area (Å²) in [7, 11) is 0. The van der Waals surface area contributed by atoms with E-state index >= 15 is 0 Å². The SMILES string of the molecule is CSc1ccc(Nc2ncsn2)cc1. The molecule has 0 aliphatic carbocycles. The van der Waals surface area contributed by atoms with Crippen molar-refractivity contribution < 1.29 is 0 Å². The van der Waals surface area contributed by atoms with Gasteiger partial charge in [-0.3, -0.25) is 0 Å². The molecule has 0 unspecified atom stereocenters. The van der Waals surface area contributed by atoms with Crippen LogP contribution in [0, 0.1) is 0 Å². The highest BCUT2D eigenvalue weighted by Crippen LogP contribution is 2.19. The van der Waals surface area contributed by atoms with Gasteiger partial charge in [0.25, 0.3) is 0 Å². The minimum absolute atomic E-state index is 0.659. The molecule has 0 fully saturated rings. The normalized spacial score (nSPS) is 10.1. The molecule has 1 aromatic carbocycles. The Morgan fingerprint density at radius 2 is 2.07 bits per heavy atom. The fourth-order valence-electron chi connectivity index (χ4n) is 1.03. The molecule has 5 heteroatoms. The van der Waals surface area contributed by atoms with Crippen LogP contribution in [0.4, 0.5) is 11.6 Å². The van der Waals surface area contributed by atoms with Crippen molar-refractivity contribution in [2.45, 2.75) is 4.90 Å². The molecule has 0 spiro atoms.